The highest BCUT2D eigenvalue weighted by Crippen LogP contribution is 2.16. The fourth-order valence-electron chi connectivity index (χ4n) is 1.55. The van der Waals surface area contributed by atoms with E-state index >= 15 is 0 Å². The van der Waals surface area contributed by atoms with E-state index in [0.717, 1.165) is 9.13 Å². The molecule has 1 rings (SSSR count). The molecule has 4 nitrogen and oxygen atoms in total. The van der Waals surface area contributed by atoms with Crippen LogP contribution in [0.4, 0.5) is 0 Å². The first-order chi connectivity index (χ1) is 8.97. The van der Waals surface area contributed by atoms with Crippen LogP contribution in [0.15, 0.2) is 18.2 Å². The number of aliphatic carboxylic acids is 1. The fourth-order valence-corrected chi connectivity index (χ4v) is 2.63. The second-order valence-corrected chi connectivity index (χ2v) is 6.15. The van der Waals surface area contributed by atoms with E-state index in [2.05, 4.69) is 27.9 Å². The lowest BCUT2D eigenvalue weighted by atomic mass is 10.1. The molecule has 0 aliphatic carbocycles. The summed E-state index contributed by atoms with van der Waals surface area (Å²) in [6.07, 6.45) is 2.33. The number of nitrogens with one attached hydrogen (secondary N) is 1. The summed E-state index contributed by atoms with van der Waals surface area (Å²) in [6.45, 7) is 1.92. The van der Waals surface area contributed by atoms with Crippen LogP contribution >= 0.6 is 34.4 Å². The minimum Gasteiger partial charge on any atom is -0.480 e. The van der Waals surface area contributed by atoms with E-state index in [1.165, 1.54) is 0 Å². The topological polar surface area (TPSA) is 66.4 Å². The molecule has 1 amide bonds. The lowest BCUT2D eigenvalue weighted by molar-refractivity contribution is -0.139. The van der Waals surface area contributed by atoms with Crippen molar-refractivity contribution in [2.45, 2.75) is 19.4 Å². The summed E-state index contributed by atoms with van der Waals surface area (Å²) >= 11 is 3.66. The van der Waals surface area contributed by atoms with Crippen LogP contribution in [-0.4, -0.2) is 35.0 Å². The molecular weight excluding hydrogens is 377 g/mol. The summed E-state index contributed by atoms with van der Waals surface area (Å²) in [4.78, 5) is 23.2. The zero-order valence-electron chi connectivity index (χ0n) is 10.8. The number of rotatable bonds is 6. The number of thioether (sulfide) groups is 1. The van der Waals surface area contributed by atoms with E-state index in [1.807, 2.05) is 19.2 Å². The molecule has 6 heteroatoms. The van der Waals surface area contributed by atoms with Gasteiger partial charge in [0.05, 0.1) is 5.56 Å². The lowest BCUT2D eigenvalue weighted by Crippen LogP contribution is -2.41. The Kier molecular flexibility index (Phi) is 6.64. The zero-order valence-corrected chi connectivity index (χ0v) is 13.7. The van der Waals surface area contributed by atoms with Gasteiger partial charge in [0.2, 0.25) is 0 Å². The van der Waals surface area contributed by atoms with Crippen molar-refractivity contribution in [2.24, 2.45) is 0 Å². The van der Waals surface area contributed by atoms with Gasteiger partial charge in [-0.1, -0.05) is 12.1 Å². The number of halogens is 1. The minimum absolute atomic E-state index is 0.332. The molecule has 0 aliphatic heterocycles. The van der Waals surface area contributed by atoms with Crippen molar-refractivity contribution in [3.8, 4) is 0 Å². The van der Waals surface area contributed by atoms with Gasteiger partial charge in [0.15, 0.2) is 0 Å². The van der Waals surface area contributed by atoms with Crippen LogP contribution in [0.1, 0.15) is 22.3 Å². The van der Waals surface area contributed by atoms with Crippen molar-refractivity contribution < 1.29 is 14.7 Å². The molecular formula is C13H16INO3S. The van der Waals surface area contributed by atoms with Crippen LogP contribution in [-0.2, 0) is 4.79 Å². The number of hydrogen-bond donors (Lipinski definition) is 2. The van der Waals surface area contributed by atoms with Crippen molar-refractivity contribution in [3.63, 3.8) is 0 Å². The molecule has 1 atom stereocenters. The fraction of sp³-hybridized carbons (Fsp3) is 0.385. The van der Waals surface area contributed by atoms with Gasteiger partial charge in [-0.2, -0.15) is 11.8 Å². The molecule has 19 heavy (non-hydrogen) atoms. The molecule has 104 valence electrons. The normalized spacial score (nSPS) is 11.9. The van der Waals surface area contributed by atoms with Gasteiger partial charge in [0, 0.05) is 3.57 Å². The smallest absolute Gasteiger partial charge is 0.326 e. The van der Waals surface area contributed by atoms with Crippen LogP contribution in [0.3, 0.4) is 0 Å². The standard InChI is InChI=1S/C13H16INO3S/c1-8-4-3-5-9(11(8)14)12(16)15-10(13(17)18)6-7-19-2/h3-5,10H,6-7H2,1-2H3,(H,15,16)(H,17,18)/t10-/m1/s1. The number of hydrogen-bond acceptors (Lipinski definition) is 3. The molecule has 0 aliphatic rings. The largest absolute Gasteiger partial charge is 0.480 e. The summed E-state index contributed by atoms with van der Waals surface area (Å²) in [5.41, 5.74) is 1.53. The Bertz CT molecular complexity index is 479. The van der Waals surface area contributed by atoms with Gasteiger partial charge >= 0.3 is 5.97 Å². The van der Waals surface area contributed by atoms with Gasteiger partial charge in [0.1, 0.15) is 6.04 Å². The van der Waals surface area contributed by atoms with Crippen LogP contribution in [0.5, 0.6) is 0 Å². The second-order valence-electron chi connectivity index (χ2n) is 4.08. The SMILES string of the molecule is CSCC[C@@H](NC(=O)c1cccc(C)c1I)C(=O)O. The predicted octanol–water partition coefficient (Wildman–Crippen LogP) is 2.54. The van der Waals surface area contributed by atoms with E-state index in [4.69, 9.17) is 5.11 Å². The first-order valence-corrected chi connectivity index (χ1v) is 8.22. The Balaban J connectivity index is 2.82. The Labute approximate surface area is 130 Å². The average molecular weight is 393 g/mol. The summed E-state index contributed by atoms with van der Waals surface area (Å²) in [5.74, 6) is -0.631. The Hall–Kier alpha value is -0.760. The number of carboxylic acids is 1. The predicted molar refractivity (Wildman–Crippen MR) is 85.8 cm³/mol. The summed E-state index contributed by atoms with van der Waals surface area (Å²) in [5, 5.41) is 11.7. The van der Waals surface area contributed by atoms with E-state index in [0.29, 0.717) is 17.7 Å². The van der Waals surface area contributed by atoms with Gasteiger partial charge < -0.3 is 10.4 Å². The number of aryl methyl sites for hydroxylation is 1. The van der Waals surface area contributed by atoms with Crippen molar-refractivity contribution in [1.29, 1.82) is 0 Å². The number of amides is 1. The summed E-state index contributed by atoms with van der Waals surface area (Å²) < 4.78 is 0.853. The van der Waals surface area contributed by atoms with Gasteiger partial charge in [-0.05, 0) is 59.6 Å². The monoisotopic (exact) mass is 393 g/mol. The third-order valence-electron chi connectivity index (χ3n) is 2.65. The lowest BCUT2D eigenvalue weighted by Gasteiger charge is -2.15. The van der Waals surface area contributed by atoms with Crippen molar-refractivity contribution in [2.75, 3.05) is 12.0 Å². The number of carbonyl (C=O) groups excluding carboxylic acids is 1. The Morgan fingerprint density at radius 3 is 2.74 bits per heavy atom. The Morgan fingerprint density at radius 1 is 1.47 bits per heavy atom. The third-order valence-corrected chi connectivity index (χ3v) is 4.73. The molecule has 1 aromatic carbocycles. The molecule has 0 saturated heterocycles. The van der Waals surface area contributed by atoms with Gasteiger partial charge in [-0.3, -0.25) is 4.79 Å². The van der Waals surface area contributed by atoms with Gasteiger partial charge in [-0.25, -0.2) is 4.79 Å². The second kappa shape index (κ2) is 7.74. The first-order valence-electron chi connectivity index (χ1n) is 5.75. The third kappa shape index (κ3) is 4.68. The molecule has 0 fully saturated rings. The average Bonchev–Trinajstić information content (AvgIpc) is 2.37. The molecule has 0 saturated carbocycles. The molecule has 0 spiro atoms. The Morgan fingerprint density at radius 2 is 2.16 bits per heavy atom. The van der Waals surface area contributed by atoms with E-state index in [-0.39, 0.29) is 5.91 Å². The van der Waals surface area contributed by atoms with Gasteiger partial charge in [0.25, 0.3) is 5.91 Å². The molecule has 0 radical (unpaired) electrons. The molecule has 0 unspecified atom stereocenters. The molecule has 0 aromatic heterocycles. The zero-order chi connectivity index (χ0) is 14.4. The van der Waals surface area contributed by atoms with E-state index < -0.39 is 12.0 Å². The summed E-state index contributed by atoms with van der Waals surface area (Å²) in [6, 6.07) is 4.58. The maximum Gasteiger partial charge on any atom is 0.326 e. The highest BCUT2D eigenvalue weighted by molar-refractivity contribution is 14.1. The number of carbonyl (C=O) groups is 2. The first kappa shape index (κ1) is 16.3. The molecule has 1 aromatic rings. The van der Waals surface area contributed by atoms with Crippen LogP contribution < -0.4 is 5.32 Å². The van der Waals surface area contributed by atoms with Crippen LogP contribution in [0, 0.1) is 10.5 Å². The highest BCUT2D eigenvalue weighted by Gasteiger charge is 2.21. The highest BCUT2D eigenvalue weighted by atomic mass is 127. The maximum atomic E-state index is 12.1. The number of carboxylic acid groups (broad SMARTS) is 1. The molecule has 2 N–H and O–H groups in total. The van der Waals surface area contributed by atoms with Gasteiger partial charge in [-0.15, -0.1) is 0 Å². The molecule has 0 heterocycles. The van der Waals surface area contributed by atoms with Crippen LogP contribution in [0.25, 0.3) is 0 Å². The van der Waals surface area contributed by atoms with E-state index in [1.54, 1.807) is 23.9 Å². The minimum atomic E-state index is -0.995. The van der Waals surface area contributed by atoms with Crippen molar-refractivity contribution in [1.82, 2.24) is 5.32 Å². The maximum absolute atomic E-state index is 12.1. The number of benzene rings is 1. The van der Waals surface area contributed by atoms with Crippen LogP contribution in [0.2, 0.25) is 0 Å². The quantitative estimate of drug-likeness (QED) is 0.730. The molecule has 0 bridgehead atoms. The summed E-state index contributed by atoms with van der Waals surface area (Å²) in [7, 11) is 0. The van der Waals surface area contributed by atoms with E-state index in [9.17, 15) is 9.59 Å². The van der Waals surface area contributed by atoms with Crippen molar-refractivity contribution >= 4 is 46.2 Å². The van der Waals surface area contributed by atoms with Crippen molar-refractivity contribution in [3.05, 3.63) is 32.9 Å².